The number of nitrogens with zero attached hydrogens (tertiary/aromatic N) is 2. The molecule has 0 aliphatic carbocycles. The zero-order chi connectivity index (χ0) is 14.6. The van der Waals surface area contributed by atoms with Gasteiger partial charge < -0.3 is 4.90 Å². The summed E-state index contributed by atoms with van der Waals surface area (Å²) in [5.74, 6) is 0.0956. The zero-order valence-electron chi connectivity index (χ0n) is 12.3. The van der Waals surface area contributed by atoms with Gasteiger partial charge in [0, 0.05) is 13.1 Å². The minimum atomic E-state index is -3.22. The predicted molar refractivity (Wildman–Crippen MR) is 82.0 cm³/mol. The zero-order valence-corrected chi connectivity index (χ0v) is 13.1. The third-order valence-electron chi connectivity index (χ3n) is 4.15. The number of rotatable bonds is 5. The van der Waals surface area contributed by atoms with Gasteiger partial charge in [0.05, 0.1) is 5.75 Å². The molecular formula is C15H24N2O2S. The molecule has 0 amide bonds. The molecular weight excluding hydrogens is 272 g/mol. The van der Waals surface area contributed by atoms with Crippen molar-refractivity contribution in [2.24, 2.45) is 0 Å². The summed E-state index contributed by atoms with van der Waals surface area (Å²) in [6.07, 6.45) is 1.86. The van der Waals surface area contributed by atoms with Crippen LogP contribution < -0.4 is 0 Å². The molecule has 0 radical (unpaired) electrons. The van der Waals surface area contributed by atoms with E-state index in [4.69, 9.17) is 0 Å². The van der Waals surface area contributed by atoms with Crippen LogP contribution in [0, 0.1) is 0 Å². The summed E-state index contributed by atoms with van der Waals surface area (Å²) in [6.45, 7) is 5.18. The highest BCUT2D eigenvalue weighted by Crippen LogP contribution is 2.20. The van der Waals surface area contributed by atoms with Crippen LogP contribution in [-0.2, 0) is 15.8 Å². The van der Waals surface area contributed by atoms with E-state index in [1.54, 1.807) is 11.4 Å². The number of piperidine rings is 1. The van der Waals surface area contributed by atoms with Crippen LogP contribution in [0.1, 0.15) is 25.3 Å². The van der Waals surface area contributed by atoms with Crippen molar-refractivity contribution < 1.29 is 8.42 Å². The fourth-order valence-corrected chi connectivity index (χ4v) is 4.20. The van der Waals surface area contributed by atoms with Crippen LogP contribution in [0.15, 0.2) is 30.3 Å². The van der Waals surface area contributed by atoms with E-state index < -0.39 is 10.0 Å². The van der Waals surface area contributed by atoms with Crippen LogP contribution in [0.2, 0.25) is 0 Å². The summed E-state index contributed by atoms with van der Waals surface area (Å²) < 4.78 is 26.5. The van der Waals surface area contributed by atoms with E-state index in [0.29, 0.717) is 0 Å². The molecule has 5 heteroatoms. The van der Waals surface area contributed by atoms with Gasteiger partial charge in [0.2, 0.25) is 10.0 Å². The first kappa shape index (κ1) is 15.5. The second kappa shape index (κ2) is 6.70. The molecule has 1 aliphatic heterocycles. The van der Waals surface area contributed by atoms with E-state index in [1.165, 1.54) is 0 Å². The number of hydrogen-bond donors (Lipinski definition) is 0. The Kier molecular flexibility index (Phi) is 5.18. The average Bonchev–Trinajstić information content (AvgIpc) is 2.47. The van der Waals surface area contributed by atoms with Gasteiger partial charge in [-0.15, -0.1) is 0 Å². The second-order valence-electron chi connectivity index (χ2n) is 5.42. The normalized spacial score (nSPS) is 18.6. The maximum atomic E-state index is 12.5. The van der Waals surface area contributed by atoms with Crippen molar-refractivity contribution in [3.63, 3.8) is 0 Å². The van der Waals surface area contributed by atoms with Gasteiger partial charge in [0.25, 0.3) is 0 Å². The Bertz CT molecular complexity index is 508. The molecule has 1 aliphatic rings. The Hall–Kier alpha value is -0.910. The van der Waals surface area contributed by atoms with E-state index in [9.17, 15) is 8.42 Å². The summed E-state index contributed by atoms with van der Waals surface area (Å²) in [5, 5.41) is 0. The van der Waals surface area contributed by atoms with Gasteiger partial charge in [-0.3, -0.25) is 0 Å². The smallest absolute Gasteiger partial charge is 0.218 e. The van der Waals surface area contributed by atoms with Gasteiger partial charge in [-0.25, -0.2) is 12.7 Å². The monoisotopic (exact) mass is 296 g/mol. The van der Waals surface area contributed by atoms with Crippen molar-refractivity contribution in [3.05, 3.63) is 35.9 Å². The largest absolute Gasteiger partial charge is 0.303 e. The summed E-state index contributed by atoms with van der Waals surface area (Å²) in [7, 11) is -1.50. The Labute approximate surface area is 122 Å². The molecule has 1 saturated heterocycles. The van der Waals surface area contributed by atoms with Gasteiger partial charge >= 0.3 is 0 Å². The Balaban J connectivity index is 1.99. The van der Waals surface area contributed by atoms with E-state index in [1.807, 2.05) is 30.3 Å². The molecule has 1 aromatic carbocycles. The van der Waals surface area contributed by atoms with Crippen molar-refractivity contribution in [3.8, 4) is 0 Å². The highest BCUT2D eigenvalue weighted by Gasteiger charge is 2.29. The SMILES string of the molecule is CCN1CCC(N(C)S(=O)(=O)Cc2ccccc2)CC1. The molecule has 1 fully saturated rings. The van der Waals surface area contributed by atoms with E-state index >= 15 is 0 Å². The van der Waals surface area contributed by atoms with Crippen molar-refractivity contribution in [2.75, 3.05) is 26.7 Å². The molecule has 0 unspecified atom stereocenters. The fourth-order valence-electron chi connectivity index (χ4n) is 2.71. The van der Waals surface area contributed by atoms with Crippen LogP contribution in [0.4, 0.5) is 0 Å². The lowest BCUT2D eigenvalue weighted by atomic mass is 10.1. The first-order valence-electron chi connectivity index (χ1n) is 7.25. The van der Waals surface area contributed by atoms with Crippen molar-refractivity contribution >= 4 is 10.0 Å². The summed E-state index contributed by atoms with van der Waals surface area (Å²) in [4.78, 5) is 2.37. The van der Waals surface area contributed by atoms with Crippen LogP contribution in [0.3, 0.4) is 0 Å². The van der Waals surface area contributed by atoms with Crippen molar-refractivity contribution in [1.29, 1.82) is 0 Å². The fraction of sp³-hybridized carbons (Fsp3) is 0.600. The molecule has 0 saturated carbocycles. The van der Waals surface area contributed by atoms with Crippen molar-refractivity contribution in [2.45, 2.75) is 31.6 Å². The van der Waals surface area contributed by atoms with Crippen LogP contribution in [0.5, 0.6) is 0 Å². The Morgan fingerprint density at radius 3 is 2.35 bits per heavy atom. The molecule has 20 heavy (non-hydrogen) atoms. The highest BCUT2D eigenvalue weighted by molar-refractivity contribution is 7.88. The second-order valence-corrected chi connectivity index (χ2v) is 7.45. The molecule has 112 valence electrons. The van der Waals surface area contributed by atoms with Gasteiger partial charge in [-0.05, 0) is 38.0 Å². The first-order chi connectivity index (χ1) is 9.53. The average molecular weight is 296 g/mol. The molecule has 0 aromatic heterocycles. The molecule has 1 aromatic rings. The lowest BCUT2D eigenvalue weighted by molar-refractivity contribution is 0.176. The van der Waals surface area contributed by atoms with Gasteiger partial charge in [0.1, 0.15) is 0 Å². The van der Waals surface area contributed by atoms with Crippen LogP contribution >= 0.6 is 0 Å². The minimum absolute atomic E-state index is 0.0956. The maximum Gasteiger partial charge on any atom is 0.218 e. The maximum absolute atomic E-state index is 12.5. The predicted octanol–water partition coefficient (Wildman–Crippen LogP) is 1.93. The summed E-state index contributed by atoms with van der Waals surface area (Å²) in [6, 6.07) is 9.54. The first-order valence-corrected chi connectivity index (χ1v) is 8.86. The number of likely N-dealkylation sites (tertiary alicyclic amines) is 1. The lowest BCUT2D eigenvalue weighted by Crippen LogP contribution is -2.45. The van der Waals surface area contributed by atoms with Crippen LogP contribution in [0.25, 0.3) is 0 Å². The number of sulfonamides is 1. The van der Waals surface area contributed by atoms with Crippen LogP contribution in [-0.4, -0.2) is 50.3 Å². The number of hydrogen-bond acceptors (Lipinski definition) is 3. The lowest BCUT2D eigenvalue weighted by Gasteiger charge is -2.35. The minimum Gasteiger partial charge on any atom is -0.303 e. The molecule has 0 atom stereocenters. The van der Waals surface area contributed by atoms with Gasteiger partial charge in [-0.1, -0.05) is 37.3 Å². The van der Waals surface area contributed by atoms with E-state index in [-0.39, 0.29) is 11.8 Å². The molecule has 1 heterocycles. The molecule has 0 spiro atoms. The third-order valence-corrected chi connectivity index (χ3v) is 6.02. The molecule has 0 bridgehead atoms. The van der Waals surface area contributed by atoms with E-state index in [2.05, 4.69) is 11.8 Å². The van der Waals surface area contributed by atoms with Gasteiger partial charge in [-0.2, -0.15) is 0 Å². The van der Waals surface area contributed by atoms with Crippen molar-refractivity contribution in [1.82, 2.24) is 9.21 Å². The van der Waals surface area contributed by atoms with E-state index in [0.717, 1.165) is 38.0 Å². The standard InChI is InChI=1S/C15H24N2O2S/c1-3-17-11-9-15(10-12-17)16(2)20(18,19)13-14-7-5-4-6-8-14/h4-8,15H,3,9-13H2,1-2H3. The van der Waals surface area contributed by atoms with Gasteiger partial charge in [0.15, 0.2) is 0 Å². The summed E-state index contributed by atoms with van der Waals surface area (Å²) in [5.41, 5.74) is 0.852. The quantitative estimate of drug-likeness (QED) is 0.833. The topological polar surface area (TPSA) is 40.6 Å². The number of benzene rings is 1. The molecule has 0 N–H and O–H groups in total. The molecule has 4 nitrogen and oxygen atoms in total. The third kappa shape index (κ3) is 3.81. The highest BCUT2D eigenvalue weighted by atomic mass is 32.2. The Morgan fingerprint density at radius 2 is 1.80 bits per heavy atom. The summed E-state index contributed by atoms with van der Waals surface area (Å²) >= 11 is 0. The Morgan fingerprint density at radius 1 is 1.20 bits per heavy atom. The molecule has 2 rings (SSSR count).